The number of hydrogen-bond donors (Lipinski definition) is 3. The number of piperidine rings is 1. The van der Waals surface area contributed by atoms with Crippen LogP contribution in [0.5, 0.6) is 5.75 Å². The van der Waals surface area contributed by atoms with Crippen LogP contribution in [-0.4, -0.2) is 58.4 Å². The van der Waals surface area contributed by atoms with Crippen molar-refractivity contribution < 1.29 is 9.84 Å². The van der Waals surface area contributed by atoms with Gasteiger partial charge in [0, 0.05) is 50.1 Å². The first-order valence-corrected chi connectivity index (χ1v) is 11.0. The fraction of sp³-hybridized carbons (Fsp3) is 0.636. The van der Waals surface area contributed by atoms with Gasteiger partial charge in [-0.3, -0.25) is 9.78 Å². The molecule has 0 radical (unpaired) electrons. The standard InChI is InChI=1S/C22H30N4O3/c27-19-13-18-21(25-22(19)28)20(16-3-1-2-4-17(16)24-18)23-14-5-9-26(10-6-14)15-7-11-29-12-8-15/h13-15,27H,1-12H2,(H,23,24)(H,25,28). The van der Waals surface area contributed by atoms with Gasteiger partial charge in [-0.2, -0.15) is 0 Å². The number of pyridine rings is 2. The van der Waals surface area contributed by atoms with Gasteiger partial charge in [0.25, 0.3) is 5.56 Å². The van der Waals surface area contributed by atoms with Crippen molar-refractivity contribution in [2.24, 2.45) is 0 Å². The molecule has 3 aliphatic rings. The molecule has 0 amide bonds. The summed E-state index contributed by atoms with van der Waals surface area (Å²) >= 11 is 0. The van der Waals surface area contributed by atoms with Crippen LogP contribution in [0.15, 0.2) is 10.9 Å². The van der Waals surface area contributed by atoms with Crippen LogP contribution in [-0.2, 0) is 17.6 Å². The van der Waals surface area contributed by atoms with Crippen LogP contribution in [0.25, 0.3) is 11.0 Å². The molecule has 0 saturated carbocycles. The number of aromatic hydroxyl groups is 1. The zero-order valence-electron chi connectivity index (χ0n) is 16.9. The summed E-state index contributed by atoms with van der Waals surface area (Å²) in [7, 11) is 0. The summed E-state index contributed by atoms with van der Waals surface area (Å²) in [5.74, 6) is -0.267. The number of aryl methyl sites for hydroxylation is 1. The molecule has 2 saturated heterocycles. The van der Waals surface area contributed by atoms with Crippen molar-refractivity contribution in [3.05, 3.63) is 27.7 Å². The fourth-order valence-electron chi connectivity index (χ4n) is 5.19. The molecule has 2 aromatic heterocycles. The van der Waals surface area contributed by atoms with E-state index in [1.165, 1.54) is 11.6 Å². The number of likely N-dealkylation sites (tertiary alicyclic amines) is 1. The lowest BCUT2D eigenvalue weighted by molar-refractivity contribution is 0.0262. The number of fused-ring (bicyclic) bond motifs is 2. The first kappa shape index (κ1) is 18.9. The molecule has 4 heterocycles. The summed E-state index contributed by atoms with van der Waals surface area (Å²) in [6, 6.07) is 2.56. The second kappa shape index (κ2) is 7.95. The predicted octanol–water partition coefficient (Wildman–Crippen LogP) is 2.56. The highest BCUT2D eigenvalue weighted by Gasteiger charge is 2.28. The Morgan fingerprint density at radius 1 is 1.14 bits per heavy atom. The Balaban J connectivity index is 1.40. The van der Waals surface area contributed by atoms with Crippen molar-refractivity contribution in [3.8, 4) is 5.75 Å². The van der Waals surface area contributed by atoms with E-state index < -0.39 is 5.56 Å². The number of H-pyrrole nitrogens is 1. The number of anilines is 1. The van der Waals surface area contributed by atoms with Crippen molar-refractivity contribution in [3.63, 3.8) is 0 Å². The molecule has 2 aliphatic heterocycles. The molecule has 0 spiro atoms. The van der Waals surface area contributed by atoms with Crippen molar-refractivity contribution in [1.29, 1.82) is 0 Å². The Kier molecular flexibility index (Phi) is 5.18. The summed E-state index contributed by atoms with van der Waals surface area (Å²) in [6.45, 7) is 3.98. The van der Waals surface area contributed by atoms with Crippen LogP contribution >= 0.6 is 0 Å². The molecule has 1 aliphatic carbocycles. The number of nitrogens with one attached hydrogen (secondary N) is 2. The molecule has 7 heteroatoms. The molecule has 0 bridgehead atoms. The number of aromatic nitrogens is 2. The van der Waals surface area contributed by atoms with Crippen molar-refractivity contribution in [2.75, 3.05) is 31.6 Å². The Morgan fingerprint density at radius 2 is 1.90 bits per heavy atom. The monoisotopic (exact) mass is 398 g/mol. The largest absolute Gasteiger partial charge is 0.503 e. The Bertz CT molecular complexity index is 943. The molecule has 2 fully saturated rings. The minimum Gasteiger partial charge on any atom is -0.503 e. The first-order valence-electron chi connectivity index (χ1n) is 11.0. The second-order valence-corrected chi connectivity index (χ2v) is 8.66. The van der Waals surface area contributed by atoms with Gasteiger partial charge in [-0.1, -0.05) is 0 Å². The van der Waals surface area contributed by atoms with E-state index in [4.69, 9.17) is 9.72 Å². The molecule has 5 rings (SSSR count). The van der Waals surface area contributed by atoms with Crippen LogP contribution in [0.2, 0.25) is 0 Å². The SMILES string of the molecule is O=c1[nH]c2c(NC3CCN(C4CCOCC4)CC3)c3c(nc2cc1O)CCCC3. The summed E-state index contributed by atoms with van der Waals surface area (Å²) in [5, 5.41) is 13.6. The molecule has 0 aromatic carbocycles. The first-order chi connectivity index (χ1) is 14.2. The Morgan fingerprint density at radius 3 is 2.69 bits per heavy atom. The van der Waals surface area contributed by atoms with Gasteiger partial charge >= 0.3 is 0 Å². The van der Waals surface area contributed by atoms with Crippen molar-refractivity contribution in [1.82, 2.24) is 14.9 Å². The van der Waals surface area contributed by atoms with Gasteiger partial charge in [-0.05, 0) is 56.9 Å². The summed E-state index contributed by atoms with van der Waals surface area (Å²) in [6.07, 6.45) is 8.72. The molecule has 2 aromatic rings. The summed E-state index contributed by atoms with van der Waals surface area (Å²) in [5.41, 5.74) is 4.35. The van der Waals surface area contributed by atoms with Crippen LogP contribution in [0.3, 0.4) is 0 Å². The van der Waals surface area contributed by atoms with E-state index in [-0.39, 0.29) is 5.75 Å². The highest BCUT2D eigenvalue weighted by atomic mass is 16.5. The van der Waals surface area contributed by atoms with Crippen molar-refractivity contribution in [2.45, 2.75) is 63.5 Å². The average Bonchev–Trinajstić information content (AvgIpc) is 2.76. The third-order valence-electron chi connectivity index (χ3n) is 6.83. The maximum atomic E-state index is 12.1. The van der Waals surface area contributed by atoms with Gasteiger partial charge in [0.15, 0.2) is 5.75 Å². The lowest BCUT2D eigenvalue weighted by Gasteiger charge is -2.40. The van der Waals surface area contributed by atoms with Gasteiger partial charge < -0.3 is 25.0 Å². The minimum absolute atomic E-state index is 0.267. The zero-order valence-corrected chi connectivity index (χ0v) is 16.9. The quantitative estimate of drug-likeness (QED) is 0.736. The molecule has 156 valence electrons. The van der Waals surface area contributed by atoms with E-state index in [1.807, 2.05) is 0 Å². The lowest BCUT2D eigenvalue weighted by Crippen LogP contribution is -2.46. The van der Waals surface area contributed by atoms with Gasteiger partial charge in [0.05, 0.1) is 16.7 Å². The average molecular weight is 399 g/mol. The number of ether oxygens (including phenoxy) is 1. The van der Waals surface area contributed by atoms with E-state index in [1.54, 1.807) is 0 Å². The van der Waals surface area contributed by atoms with Gasteiger partial charge in [0.2, 0.25) is 0 Å². The van der Waals surface area contributed by atoms with E-state index in [2.05, 4.69) is 15.2 Å². The van der Waals surface area contributed by atoms with Gasteiger partial charge in [-0.15, -0.1) is 0 Å². The molecule has 0 unspecified atom stereocenters. The Labute approximate surface area is 170 Å². The predicted molar refractivity (Wildman–Crippen MR) is 113 cm³/mol. The summed E-state index contributed by atoms with van der Waals surface area (Å²) in [4.78, 5) is 22.3. The van der Waals surface area contributed by atoms with E-state index in [0.29, 0.717) is 17.6 Å². The molecular formula is C22H30N4O3. The summed E-state index contributed by atoms with van der Waals surface area (Å²) < 4.78 is 5.51. The number of hydrogen-bond acceptors (Lipinski definition) is 6. The van der Waals surface area contributed by atoms with Gasteiger partial charge in [-0.25, -0.2) is 0 Å². The normalized spacial score (nSPS) is 21.9. The molecule has 7 nitrogen and oxygen atoms in total. The number of nitrogens with zero attached hydrogens (tertiary/aromatic N) is 2. The minimum atomic E-state index is -0.451. The van der Waals surface area contributed by atoms with E-state index in [9.17, 15) is 9.90 Å². The number of rotatable bonds is 3. The third kappa shape index (κ3) is 3.73. The zero-order chi connectivity index (χ0) is 19.8. The maximum Gasteiger partial charge on any atom is 0.290 e. The van der Waals surface area contributed by atoms with Crippen LogP contribution in [0.4, 0.5) is 5.69 Å². The molecule has 0 atom stereocenters. The number of aromatic amines is 1. The van der Waals surface area contributed by atoms with Crippen LogP contribution in [0, 0.1) is 0 Å². The molecule has 3 N–H and O–H groups in total. The van der Waals surface area contributed by atoms with Crippen LogP contribution < -0.4 is 10.9 Å². The van der Waals surface area contributed by atoms with E-state index >= 15 is 0 Å². The fourth-order valence-corrected chi connectivity index (χ4v) is 5.19. The van der Waals surface area contributed by atoms with E-state index in [0.717, 1.165) is 94.6 Å². The van der Waals surface area contributed by atoms with Crippen LogP contribution in [0.1, 0.15) is 49.8 Å². The van der Waals surface area contributed by atoms with Crippen molar-refractivity contribution >= 4 is 16.7 Å². The third-order valence-corrected chi connectivity index (χ3v) is 6.83. The van der Waals surface area contributed by atoms with Gasteiger partial charge in [0.1, 0.15) is 0 Å². The second-order valence-electron chi connectivity index (χ2n) is 8.66. The topological polar surface area (TPSA) is 90.5 Å². The highest BCUT2D eigenvalue weighted by molar-refractivity contribution is 5.90. The smallest absolute Gasteiger partial charge is 0.290 e. The Hall–Kier alpha value is -2.12. The highest BCUT2D eigenvalue weighted by Crippen LogP contribution is 2.34. The lowest BCUT2D eigenvalue weighted by atomic mass is 9.92. The molecular weight excluding hydrogens is 368 g/mol. The molecule has 29 heavy (non-hydrogen) atoms. The maximum absolute atomic E-state index is 12.1.